The van der Waals surface area contributed by atoms with Crippen molar-refractivity contribution in [2.75, 3.05) is 19.0 Å². The summed E-state index contributed by atoms with van der Waals surface area (Å²) in [6.45, 7) is -0.357. The third kappa shape index (κ3) is 3.79. The Labute approximate surface area is 159 Å². The second-order valence-corrected chi connectivity index (χ2v) is 6.39. The fraction of sp³-hybridized carbons (Fsp3) is 0.158. The highest BCUT2D eigenvalue weighted by molar-refractivity contribution is 6.31. The maximum atomic E-state index is 13.3. The first-order valence-electron chi connectivity index (χ1n) is 8.12. The summed E-state index contributed by atoms with van der Waals surface area (Å²) >= 11 is 5.73. The van der Waals surface area contributed by atoms with Crippen LogP contribution in [-0.4, -0.2) is 34.7 Å². The van der Waals surface area contributed by atoms with Gasteiger partial charge < -0.3 is 20.3 Å². The molecule has 0 saturated heterocycles. The number of nitrogens with zero attached hydrogens (tertiary/aromatic N) is 1. The molecule has 0 radical (unpaired) electrons. The molecule has 140 valence electrons. The number of aliphatic hydroxyl groups is 1. The van der Waals surface area contributed by atoms with Crippen LogP contribution in [0.15, 0.2) is 53.5 Å². The number of carbonyl (C=O) groups excluding carboxylic acids is 1. The van der Waals surface area contributed by atoms with E-state index in [1.165, 1.54) is 30.3 Å². The Balaban J connectivity index is 1.91. The molecule has 2 aromatic carbocycles. The van der Waals surface area contributed by atoms with E-state index in [2.05, 4.69) is 10.3 Å². The fourth-order valence-electron chi connectivity index (χ4n) is 2.86. The molecule has 0 aliphatic rings. The maximum absolute atomic E-state index is 13.3. The van der Waals surface area contributed by atoms with Crippen molar-refractivity contribution in [2.45, 2.75) is 6.04 Å². The number of likely N-dealkylation sites (N-methyl/N-ethyl adjacent to an activating group) is 1. The molecule has 0 aliphatic carbocycles. The predicted molar refractivity (Wildman–Crippen MR) is 103 cm³/mol. The molecule has 0 aliphatic heterocycles. The van der Waals surface area contributed by atoms with Crippen LogP contribution in [0.5, 0.6) is 0 Å². The second kappa shape index (κ2) is 7.77. The van der Waals surface area contributed by atoms with Crippen LogP contribution in [0.4, 0.5) is 14.9 Å². The van der Waals surface area contributed by atoms with Crippen LogP contribution < -0.4 is 10.9 Å². The van der Waals surface area contributed by atoms with Gasteiger partial charge in [0.05, 0.1) is 17.7 Å². The first kappa shape index (κ1) is 18.9. The normalized spacial score (nSPS) is 12.0. The predicted octanol–water partition coefficient (Wildman–Crippen LogP) is 3.52. The molecule has 8 heteroatoms. The largest absolute Gasteiger partial charge is 0.394 e. The number of benzene rings is 2. The highest BCUT2D eigenvalue weighted by Crippen LogP contribution is 2.26. The number of aliphatic hydroxyl groups excluding tert-OH is 1. The number of anilines is 1. The van der Waals surface area contributed by atoms with E-state index in [4.69, 9.17) is 11.6 Å². The quantitative estimate of drug-likeness (QED) is 0.638. The van der Waals surface area contributed by atoms with Crippen molar-refractivity contribution in [1.82, 2.24) is 9.88 Å². The lowest BCUT2D eigenvalue weighted by Crippen LogP contribution is -2.37. The minimum Gasteiger partial charge on any atom is -0.394 e. The van der Waals surface area contributed by atoms with Crippen molar-refractivity contribution < 1.29 is 14.3 Å². The molecule has 0 saturated carbocycles. The molecular weight excluding hydrogens is 373 g/mol. The maximum Gasteiger partial charge on any atom is 0.322 e. The smallest absolute Gasteiger partial charge is 0.322 e. The molecule has 0 spiro atoms. The van der Waals surface area contributed by atoms with E-state index in [0.29, 0.717) is 22.0 Å². The summed E-state index contributed by atoms with van der Waals surface area (Å²) in [5, 5.41) is 13.5. The van der Waals surface area contributed by atoms with Crippen molar-refractivity contribution >= 4 is 34.1 Å². The van der Waals surface area contributed by atoms with Gasteiger partial charge >= 0.3 is 6.03 Å². The number of amides is 2. The van der Waals surface area contributed by atoms with Gasteiger partial charge in [0.2, 0.25) is 0 Å². The van der Waals surface area contributed by atoms with E-state index >= 15 is 0 Å². The highest BCUT2D eigenvalue weighted by atomic mass is 35.5. The molecule has 1 heterocycles. The number of hydrogen-bond acceptors (Lipinski definition) is 3. The zero-order valence-electron chi connectivity index (χ0n) is 14.4. The zero-order chi connectivity index (χ0) is 19.6. The van der Waals surface area contributed by atoms with Crippen LogP contribution in [0.25, 0.3) is 10.8 Å². The van der Waals surface area contributed by atoms with E-state index in [1.807, 2.05) is 0 Å². The van der Waals surface area contributed by atoms with Crippen LogP contribution in [0.1, 0.15) is 11.6 Å². The number of rotatable bonds is 4. The van der Waals surface area contributed by atoms with E-state index in [0.717, 1.165) is 6.07 Å². The molecule has 3 N–H and O–H groups in total. The Morgan fingerprint density at radius 3 is 2.67 bits per heavy atom. The molecular formula is C19H17ClFN3O3. The summed E-state index contributed by atoms with van der Waals surface area (Å²) in [4.78, 5) is 28.5. The van der Waals surface area contributed by atoms with Crippen LogP contribution in [-0.2, 0) is 0 Å². The lowest BCUT2D eigenvalue weighted by molar-refractivity contribution is 0.159. The van der Waals surface area contributed by atoms with Gasteiger partial charge in [0.15, 0.2) is 0 Å². The Kier molecular flexibility index (Phi) is 5.43. The number of H-pyrrole nitrogens is 1. The van der Waals surface area contributed by atoms with Crippen molar-refractivity contribution in [3.8, 4) is 0 Å². The molecule has 0 bridgehead atoms. The Bertz CT molecular complexity index is 1050. The topological polar surface area (TPSA) is 85.4 Å². The zero-order valence-corrected chi connectivity index (χ0v) is 15.1. The molecule has 3 aromatic rings. The number of hydrogen-bond donors (Lipinski definition) is 3. The SMILES string of the molecule is CN(C(=O)Nc1ccc(F)c(Cl)c1)[C@H](CO)c1c[nH]c(=O)c2ccccc12. The van der Waals surface area contributed by atoms with E-state index < -0.39 is 17.9 Å². The number of carbonyl (C=O) groups is 1. The summed E-state index contributed by atoms with van der Waals surface area (Å²) in [6.07, 6.45) is 1.49. The van der Waals surface area contributed by atoms with Gasteiger partial charge in [-0.25, -0.2) is 9.18 Å². The first-order chi connectivity index (χ1) is 12.9. The summed E-state index contributed by atoms with van der Waals surface area (Å²) in [6, 6.07) is 9.55. The number of nitrogens with one attached hydrogen (secondary N) is 2. The Hall–Kier alpha value is -2.90. The lowest BCUT2D eigenvalue weighted by Gasteiger charge is -2.28. The van der Waals surface area contributed by atoms with Gasteiger partial charge in [0.25, 0.3) is 5.56 Å². The van der Waals surface area contributed by atoms with Gasteiger partial charge in [0.1, 0.15) is 5.82 Å². The lowest BCUT2D eigenvalue weighted by atomic mass is 10.0. The van der Waals surface area contributed by atoms with E-state index in [-0.39, 0.29) is 17.2 Å². The van der Waals surface area contributed by atoms with Gasteiger partial charge in [-0.1, -0.05) is 29.8 Å². The molecule has 2 amide bonds. The molecule has 1 atom stereocenters. The van der Waals surface area contributed by atoms with E-state index in [9.17, 15) is 19.1 Å². The first-order valence-corrected chi connectivity index (χ1v) is 8.50. The number of pyridine rings is 1. The Morgan fingerprint density at radius 2 is 2.00 bits per heavy atom. The number of halogens is 2. The summed E-state index contributed by atoms with van der Waals surface area (Å²) in [7, 11) is 1.52. The van der Waals surface area contributed by atoms with Gasteiger partial charge in [0, 0.05) is 29.9 Å². The van der Waals surface area contributed by atoms with Crippen molar-refractivity contribution in [1.29, 1.82) is 0 Å². The Morgan fingerprint density at radius 1 is 1.30 bits per heavy atom. The molecule has 6 nitrogen and oxygen atoms in total. The van der Waals surface area contributed by atoms with Gasteiger partial charge in [-0.15, -0.1) is 0 Å². The van der Waals surface area contributed by atoms with Crippen LogP contribution >= 0.6 is 11.6 Å². The van der Waals surface area contributed by atoms with E-state index in [1.54, 1.807) is 24.3 Å². The number of urea groups is 1. The second-order valence-electron chi connectivity index (χ2n) is 5.99. The van der Waals surface area contributed by atoms with Gasteiger partial charge in [-0.05, 0) is 29.7 Å². The average Bonchev–Trinajstić information content (AvgIpc) is 2.67. The molecule has 27 heavy (non-hydrogen) atoms. The van der Waals surface area contributed by atoms with Crippen LogP contribution in [0, 0.1) is 5.82 Å². The van der Waals surface area contributed by atoms with Crippen LogP contribution in [0.2, 0.25) is 5.02 Å². The monoisotopic (exact) mass is 389 g/mol. The van der Waals surface area contributed by atoms with Crippen molar-refractivity contribution in [3.05, 3.63) is 75.4 Å². The highest BCUT2D eigenvalue weighted by Gasteiger charge is 2.23. The van der Waals surface area contributed by atoms with Crippen molar-refractivity contribution in [2.24, 2.45) is 0 Å². The molecule has 0 fully saturated rings. The summed E-state index contributed by atoms with van der Waals surface area (Å²) in [5.41, 5.74) is 0.669. The van der Waals surface area contributed by atoms with Gasteiger partial charge in [-0.3, -0.25) is 4.79 Å². The molecule has 3 rings (SSSR count). The fourth-order valence-corrected chi connectivity index (χ4v) is 3.04. The number of aromatic amines is 1. The van der Waals surface area contributed by atoms with Gasteiger partial charge in [-0.2, -0.15) is 0 Å². The third-order valence-electron chi connectivity index (χ3n) is 4.33. The molecule has 1 aromatic heterocycles. The average molecular weight is 390 g/mol. The standard InChI is InChI=1S/C19H17ClFN3O3/c1-24(19(27)23-11-6-7-16(21)15(20)8-11)17(10-25)14-9-22-18(26)13-5-3-2-4-12(13)14/h2-9,17,25H,10H2,1H3,(H,22,26)(H,23,27)/t17-/m1/s1. The molecule has 0 unspecified atom stereocenters. The third-order valence-corrected chi connectivity index (χ3v) is 4.62. The number of fused-ring (bicyclic) bond motifs is 1. The minimum atomic E-state index is -0.706. The minimum absolute atomic E-state index is 0.110. The van der Waals surface area contributed by atoms with Crippen LogP contribution in [0.3, 0.4) is 0 Å². The number of aromatic nitrogens is 1. The summed E-state index contributed by atoms with van der Waals surface area (Å²) < 4.78 is 13.3. The van der Waals surface area contributed by atoms with Crippen molar-refractivity contribution in [3.63, 3.8) is 0 Å². The summed E-state index contributed by atoms with van der Waals surface area (Å²) in [5.74, 6) is -0.587.